The van der Waals surface area contributed by atoms with Gasteiger partial charge in [0.25, 0.3) is 0 Å². The van der Waals surface area contributed by atoms with Crippen LogP contribution in [0, 0.1) is 0 Å². The van der Waals surface area contributed by atoms with E-state index in [4.69, 9.17) is 5.73 Å². The Morgan fingerprint density at radius 3 is 2.82 bits per heavy atom. The van der Waals surface area contributed by atoms with Gasteiger partial charge in [-0.15, -0.1) is 0 Å². The highest BCUT2D eigenvalue weighted by molar-refractivity contribution is 4.98. The number of alkyl halides is 3. The Balaban J connectivity index is 2.33. The fourth-order valence-corrected chi connectivity index (χ4v) is 1.44. The molecule has 1 aromatic heterocycles. The summed E-state index contributed by atoms with van der Waals surface area (Å²) < 4.78 is 41.8. The first-order chi connectivity index (χ1) is 7.94. The van der Waals surface area contributed by atoms with Crippen LogP contribution >= 0.6 is 0 Å². The Morgan fingerprint density at radius 2 is 2.24 bits per heavy atom. The Morgan fingerprint density at radius 1 is 1.53 bits per heavy atom. The highest BCUT2D eigenvalue weighted by Gasteiger charge is 2.27. The van der Waals surface area contributed by atoms with E-state index in [0.717, 1.165) is 6.54 Å². The number of halogens is 3. The molecule has 0 aliphatic rings. The quantitative estimate of drug-likeness (QED) is 0.785. The van der Waals surface area contributed by atoms with Gasteiger partial charge < -0.3 is 15.0 Å². The van der Waals surface area contributed by atoms with Crippen molar-refractivity contribution in [3.63, 3.8) is 0 Å². The molecular formula is C10H16F3N3O. The standard InChI is InChI=1S/C10H16F3N3O/c1-2-16-5-4-15-9(16)8(14)3-6-17-7-10(11,12)13/h4-5,8H,2-3,6-7,14H2,1H3. The maximum absolute atomic E-state index is 11.8. The van der Waals surface area contributed by atoms with Gasteiger partial charge in [-0.05, 0) is 13.3 Å². The molecule has 4 nitrogen and oxygen atoms in total. The Labute approximate surface area is 97.6 Å². The van der Waals surface area contributed by atoms with Gasteiger partial charge in [0.1, 0.15) is 12.4 Å². The van der Waals surface area contributed by atoms with E-state index in [9.17, 15) is 13.2 Å². The molecule has 2 N–H and O–H groups in total. The molecule has 17 heavy (non-hydrogen) atoms. The van der Waals surface area contributed by atoms with Gasteiger partial charge in [0.05, 0.1) is 6.04 Å². The first kappa shape index (κ1) is 14.0. The summed E-state index contributed by atoms with van der Waals surface area (Å²) >= 11 is 0. The Hall–Kier alpha value is -1.08. The van der Waals surface area contributed by atoms with Crippen molar-refractivity contribution in [3.8, 4) is 0 Å². The summed E-state index contributed by atoms with van der Waals surface area (Å²) in [5, 5.41) is 0. The molecule has 0 bridgehead atoms. The molecule has 0 aliphatic carbocycles. The van der Waals surface area contributed by atoms with Crippen LogP contribution in [0.4, 0.5) is 13.2 Å². The molecule has 0 radical (unpaired) electrons. The van der Waals surface area contributed by atoms with Crippen LogP contribution < -0.4 is 5.73 Å². The molecule has 0 aliphatic heterocycles. The van der Waals surface area contributed by atoms with E-state index >= 15 is 0 Å². The van der Waals surface area contributed by atoms with Gasteiger partial charge in [-0.25, -0.2) is 4.98 Å². The molecule has 1 aromatic rings. The molecule has 0 fully saturated rings. The van der Waals surface area contributed by atoms with Crippen molar-refractivity contribution < 1.29 is 17.9 Å². The highest BCUT2D eigenvalue weighted by atomic mass is 19.4. The normalized spacial score (nSPS) is 13.9. The molecule has 1 atom stereocenters. The van der Waals surface area contributed by atoms with Crippen molar-refractivity contribution in [2.24, 2.45) is 5.73 Å². The summed E-state index contributed by atoms with van der Waals surface area (Å²) in [4.78, 5) is 4.07. The number of hydrogen-bond donors (Lipinski definition) is 1. The average molecular weight is 251 g/mol. The maximum atomic E-state index is 11.8. The van der Waals surface area contributed by atoms with E-state index in [2.05, 4.69) is 9.72 Å². The molecule has 1 rings (SSSR count). The average Bonchev–Trinajstić information content (AvgIpc) is 2.70. The van der Waals surface area contributed by atoms with Crippen LogP contribution in [0.25, 0.3) is 0 Å². The van der Waals surface area contributed by atoms with Gasteiger partial charge in [-0.1, -0.05) is 0 Å². The number of aromatic nitrogens is 2. The topological polar surface area (TPSA) is 53.1 Å². The molecule has 7 heteroatoms. The second kappa shape index (κ2) is 6.02. The lowest BCUT2D eigenvalue weighted by Gasteiger charge is -2.13. The molecule has 1 heterocycles. The van der Waals surface area contributed by atoms with E-state index in [1.54, 1.807) is 12.4 Å². The van der Waals surface area contributed by atoms with Crippen LogP contribution in [-0.2, 0) is 11.3 Å². The smallest absolute Gasteiger partial charge is 0.372 e. The van der Waals surface area contributed by atoms with Crippen LogP contribution in [0.1, 0.15) is 25.2 Å². The zero-order valence-corrected chi connectivity index (χ0v) is 9.57. The maximum Gasteiger partial charge on any atom is 0.411 e. The van der Waals surface area contributed by atoms with Crippen molar-refractivity contribution >= 4 is 0 Å². The third kappa shape index (κ3) is 4.74. The number of hydrogen-bond acceptors (Lipinski definition) is 3. The van der Waals surface area contributed by atoms with Crippen LogP contribution in [-0.4, -0.2) is 28.9 Å². The molecule has 0 amide bonds. The summed E-state index contributed by atoms with van der Waals surface area (Å²) in [6.45, 7) is 1.41. The van der Waals surface area contributed by atoms with Crippen molar-refractivity contribution in [1.82, 2.24) is 9.55 Å². The van der Waals surface area contributed by atoms with E-state index in [-0.39, 0.29) is 6.61 Å². The van der Waals surface area contributed by atoms with Crippen molar-refractivity contribution in [1.29, 1.82) is 0 Å². The van der Waals surface area contributed by atoms with Crippen LogP contribution in [0.5, 0.6) is 0 Å². The number of aryl methyl sites for hydroxylation is 1. The molecule has 0 aromatic carbocycles. The van der Waals surface area contributed by atoms with E-state index in [1.807, 2.05) is 11.5 Å². The summed E-state index contributed by atoms with van der Waals surface area (Å²) in [5.41, 5.74) is 5.82. The van der Waals surface area contributed by atoms with Crippen LogP contribution in [0.15, 0.2) is 12.4 Å². The predicted octanol–water partition coefficient (Wildman–Crippen LogP) is 1.87. The molecule has 0 saturated heterocycles. The number of rotatable bonds is 6. The van der Waals surface area contributed by atoms with Crippen LogP contribution in [0.3, 0.4) is 0 Å². The minimum Gasteiger partial charge on any atom is -0.372 e. The number of ether oxygens (including phenoxy) is 1. The molecular weight excluding hydrogens is 235 g/mol. The van der Waals surface area contributed by atoms with Crippen molar-refractivity contribution in [2.75, 3.05) is 13.2 Å². The minimum atomic E-state index is -4.29. The SMILES string of the molecule is CCn1ccnc1C(N)CCOCC(F)(F)F. The Kier molecular flexibility index (Phi) is 4.95. The van der Waals surface area contributed by atoms with Gasteiger partial charge >= 0.3 is 6.18 Å². The van der Waals surface area contributed by atoms with Gasteiger partial charge in [0, 0.05) is 25.5 Å². The second-order valence-corrected chi connectivity index (χ2v) is 3.63. The lowest BCUT2D eigenvalue weighted by Crippen LogP contribution is -2.21. The summed E-state index contributed by atoms with van der Waals surface area (Å²) in [6.07, 6.45) is -0.569. The van der Waals surface area contributed by atoms with E-state index in [1.165, 1.54) is 0 Å². The third-order valence-electron chi connectivity index (χ3n) is 2.26. The van der Waals surface area contributed by atoms with Crippen molar-refractivity contribution in [2.45, 2.75) is 32.1 Å². The lowest BCUT2D eigenvalue weighted by atomic mass is 10.2. The summed E-state index contributed by atoms with van der Waals surface area (Å²) in [7, 11) is 0. The fourth-order valence-electron chi connectivity index (χ4n) is 1.44. The zero-order chi connectivity index (χ0) is 12.9. The molecule has 0 spiro atoms. The van der Waals surface area contributed by atoms with E-state index in [0.29, 0.717) is 12.2 Å². The number of nitrogens with two attached hydrogens (primary N) is 1. The van der Waals surface area contributed by atoms with Gasteiger partial charge in [0.15, 0.2) is 0 Å². The van der Waals surface area contributed by atoms with Gasteiger partial charge in [-0.3, -0.25) is 0 Å². The molecule has 0 saturated carbocycles. The monoisotopic (exact) mass is 251 g/mol. The first-order valence-electron chi connectivity index (χ1n) is 5.35. The summed E-state index contributed by atoms with van der Waals surface area (Å²) in [6, 6.07) is -0.404. The largest absolute Gasteiger partial charge is 0.411 e. The fraction of sp³-hybridized carbons (Fsp3) is 0.700. The highest BCUT2D eigenvalue weighted by Crippen LogP contribution is 2.16. The molecule has 1 unspecified atom stereocenters. The first-order valence-corrected chi connectivity index (χ1v) is 5.35. The zero-order valence-electron chi connectivity index (χ0n) is 9.57. The lowest BCUT2D eigenvalue weighted by molar-refractivity contribution is -0.174. The van der Waals surface area contributed by atoms with Crippen LogP contribution in [0.2, 0.25) is 0 Å². The van der Waals surface area contributed by atoms with Gasteiger partial charge in [-0.2, -0.15) is 13.2 Å². The number of imidazole rings is 1. The third-order valence-corrected chi connectivity index (χ3v) is 2.26. The second-order valence-electron chi connectivity index (χ2n) is 3.63. The van der Waals surface area contributed by atoms with Gasteiger partial charge in [0.2, 0.25) is 0 Å². The Bertz CT molecular complexity index is 338. The number of nitrogens with zero attached hydrogens (tertiary/aromatic N) is 2. The molecule has 98 valence electrons. The van der Waals surface area contributed by atoms with Crippen molar-refractivity contribution in [3.05, 3.63) is 18.2 Å². The summed E-state index contributed by atoms with van der Waals surface area (Å²) in [5.74, 6) is 0.670. The van der Waals surface area contributed by atoms with E-state index < -0.39 is 18.8 Å². The predicted molar refractivity (Wildman–Crippen MR) is 56.3 cm³/mol. The minimum absolute atomic E-state index is 0.0305.